The second kappa shape index (κ2) is 12.6. The number of halogens is 1. The number of nitrogens with zero attached hydrogens (tertiary/aromatic N) is 3. The van der Waals surface area contributed by atoms with Crippen molar-refractivity contribution in [3.63, 3.8) is 0 Å². The fraction of sp³-hybridized carbons (Fsp3) is 0.433. The van der Waals surface area contributed by atoms with Gasteiger partial charge in [-0.15, -0.1) is 0 Å². The highest BCUT2D eigenvalue weighted by molar-refractivity contribution is 6.34. The van der Waals surface area contributed by atoms with Crippen molar-refractivity contribution in [2.75, 3.05) is 26.4 Å². The highest BCUT2D eigenvalue weighted by Crippen LogP contribution is 2.25. The molecule has 38 heavy (non-hydrogen) atoms. The zero-order chi connectivity index (χ0) is 28.0. The van der Waals surface area contributed by atoms with E-state index >= 15 is 0 Å². The molecule has 2 aromatic carbocycles. The largest absolute Gasteiger partial charge is 0.491 e. The molecule has 7 nitrogen and oxygen atoms in total. The second-order valence-electron chi connectivity index (χ2n) is 10.4. The number of aryl methyl sites for hydroxylation is 3. The normalized spacial score (nSPS) is 11.5. The molecule has 0 atom stereocenters. The molecule has 0 saturated carbocycles. The van der Waals surface area contributed by atoms with Gasteiger partial charge in [-0.3, -0.25) is 19.2 Å². The molecule has 0 N–H and O–H groups in total. The van der Waals surface area contributed by atoms with E-state index in [1.807, 2.05) is 38.1 Å². The van der Waals surface area contributed by atoms with Gasteiger partial charge in [0.25, 0.3) is 11.8 Å². The number of hydrogen-bond donors (Lipinski definition) is 0. The highest BCUT2D eigenvalue weighted by atomic mass is 35.5. The summed E-state index contributed by atoms with van der Waals surface area (Å²) in [5, 5.41) is 4.48. The van der Waals surface area contributed by atoms with Gasteiger partial charge in [-0.25, -0.2) is 0 Å². The summed E-state index contributed by atoms with van der Waals surface area (Å²) in [7, 11) is 1.64. The van der Waals surface area contributed by atoms with Crippen molar-refractivity contribution in [2.45, 2.75) is 53.4 Å². The van der Waals surface area contributed by atoms with Crippen LogP contribution in [0.25, 0.3) is 0 Å². The van der Waals surface area contributed by atoms with Crippen LogP contribution in [0.4, 0.5) is 0 Å². The number of amides is 2. The Morgan fingerprint density at radius 3 is 2.26 bits per heavy atom. The minimum atomic E-state index is -0.519. The monoisotopic (exact) mass is 539 g/mol. The molecule has 3 aromatic rings. The Morgan fingerprint density at radius 2 is 1.71 bits per heavy atom. The van der Waals surface area contributed by atoms with Crippen LogP contribution in [0.15, 0.2) is 42.5 Å². The molecule has 0 fully saturated rings. The first-order valence-corrected chi connectivity index (χ1v) is 13.3. The lowest BCUT2D eigenvalue weighted by atomic mass is 9.86. The molecule has 3 rings (SSSR count). The summed E-state index contributed by atoms with van der Waals surface area (Å²) in [4.78, 5) is 28.4. The first-order chi connectivity index (χ1) is 17.9. The molecule has 204 valence electrons. The van der Waals surface area contributed by atoms with Crippen LogP contribution in [0, 0.1) is 13.8 Å². The third kappa shape index (κ3) is 7.03. The maximum atomic E-state index is 13.6. The lowest BCUT2D eigenvalue weighted by Gasteiger charge is -2.23. The Bertz CT molecular complexity index is 1280. The molecule has 0 saturated heterocycles. The second-order valence-corrected chi connectivity index (χ2v) is 10.7. The van der Waals surface area contributed by atoms with Gasteiger partial charge in [0, 0.05) is 19.2 Å². The van der Waals surface area contributed by atoms with Crippen LogP contribution in [-0.2, 0) is 23.6 Å². The summed E-state index contributed by atoms with van der Waals surface area (Å²) in [6.45, 7) is 13.5. The average molecular weight is 540 g/mol. The lowest BCUT2D eigenvalue weighted by Crippen LogP contribution is -2.40. The molecule has 8 heteroatoms. The van der Waals surface area contributed by atoms with Gasteiger partial charge in [0.05, 0.1) is 23.9 Å². The number of benzene rings is 2. The Balaban J connectivity index is 1.81. The van der Waals surface area contributed by atoms with Gasteiger partial charge in [0.1, 0.15) is 18.1 Å². The lowest BCUT2D eigenvalue weighted by molar-refractivity contribution is 0.0586. The van der Waals surface area contributed by atoms with E-state index < -0.39 is 11.8 Å². The van der Waals surface area contributed by atoms with Crippen LogP contribution in [-0.4, -0.2) is 52.9 Å². The summed E-state index contributed by atoms with van der Waals surface area (Å²) in [6, 6.07) is 13.3. The van der Waals surface area contributed by atoms with Crippen LogP contribution in [0.1, 0.15) is 70.9 Å². The third-order valence-corrected chi connectivity index (χ3v) is 6.84. The molecule has 0 aliphatic heterocycles. The van der Waals surface area contributed by atoms with Crippen LogP contribution < -0.4 is 4.74 Å². The molecular formula is C30H38ClN3O4. The van der Waals surface area contributed by atoms with Crippen LogP contribution in [0.3, 0.4) is 0 Å². The molecule has 0 radical (unpaired) electrons. The van der Waals surface area contributed by atoms with Gasteiger partial charge in [0.2, 0.25) is 0 Å². The van der Waals surface area contributed by atoms with E-state index in [0.717, 1.165) is 23.1 Å². The van der Waals surface area contributed by atoms with Gasteiger partial charge in [-0.1, -0.05) is 56.6 Å². The van der Waals surface area contributed by atoms with Crippen molar-refractivity contribution in [1.29, 1.82) is 0 Å². The zero-order valence-electron chi connectivity index (χ0n) is 23.4. The van der Waals surface area contributed by atoms with Crippen molar-refractivity contribution in [2.24, 2.45) is 7.05 Å². The minimum Gasteiger partial charge on any atom is -0.491 e. The number of ether oxygens (including phenoxy) is 2. The molecule has 0 aliphatic rings. The Morgan fingerprint density at radius 1 is 1.03 bits per heavy atom. The van der Waals surface area contributed by atoms with E-state index in [2.05, 4.69) is 31.9 Å². The molecule has 1 aromatic heterocycles. The van der Waals surface area contributed by atoms with E-state index in [0.29, 0.717) is 30.2 Å². The molecule has 0 unspecified atom stereocenters. The van der Waals surface area contributed by atoms with Crippen molar-refractivity contribution < 1.29 is 19.1 Å². The smallest absolute Gasteiger partial charge is 0.280 e. The maximum Gasteiger partial charge on any atom is 0.280 e. The van der Waals surface area contributed by atoms with Crippen LogP contribution >= 0.6 is 11.6 Å². The fourth-order valence-corrected chi connectivity index (χ4v) is 4.41. The number of aromatic nitrogens is 2. The summed E-state index contributed by atoms with van der Waals surface area (Å²) in [6.07, 6.45) is 0.824. The number of carbonyl (C=O) groups is 2. The number of hydrogen-bond acceptors (Lipinski definition) is 5. The predicted molar refractivity (Wildman–Crippen MR) is 150 cm³/mol. The van der Waals surface area contributed by atoms with Gasteiger partial charge >= 0.3 is 0 Å². The number of rotatable bonds is 10. The molecule has 1 heterocycles. The van der Waals surface area contributed by atoms with E-state index in [1.54, 1.807) is 26.1 Å². The first kappa shape index (κ1) is 29.4. The van der Waals surface area contributed by atoms with Crippen LogP contribution in [0.5, 0.6) is 5.75 Å². The SMILES string of the molecule is CCOCCc1ccc(OCCN(C(=O)c2ccc(C(C)(C)C)cc2)C(=O)c2c(Cl)c(C)nn2C)c(C)c1. The average Bonchev–Trinajstić information content (AvgIpc) is 3.12. The third-order valence-electron chi connectivity index (χ3n) is 6.39. The van der Waals surface area contributed by atoms with Crippen molar-refractivity contribution in [3.05, 3.63) is 81.1 Å². The number of imide groups is 1. The highest BCUT2D eigenvalue weighted by Gasteiger charge is 2.29. The van der Waals surface area contributed by atoms with Crippen LogP contribution in [0.2, 0.25) is 5.02 Å². The molecule has 2 amide bonds. The topological polar surface area (TPSA) is 73.7 Å². The summed E-state index contributed by atoms with van der Waals surface area (Å²) < 4.78 is 12.9. The van der Waals surface area contributed by atoms with Gasteiger partial charge < -0.3 is 9.47 Å². The van der Waals surface area contributed by atoms with E-state index in [-0.39, 0.29) is 29.3 Å². The fourth-order valence-electron chi connectivity index (χ4n) is 4.17. The Hall–Kier alpha value is -3.16. The van der Waals surface area contributed by atoms with Crippen molar-refractivity contribution >= 4 is 23.4 Å². The van der Waals surface area contributed by atoms with E-state index in [1.165, 1.54) is 9.58 Å². The standard InChI is InChI=1S/C30H38ClN3O4/c1-8-37-17-15-22-9-14-25(20(2)19-22)38-18-16-34(29(36)27-26(31)21(3)32-33(27)7)28(35)23-10-12-24(13-11-23)30(4,5)6/h9-14,19H,8,15-18H2,1-7H3. The Kier molecular flexibility index (Phi) is 9.74. The predicted octanol–water partition coefficient (Wildman–Crippen LogP) is 5.93. The van der Waals surface area contributed by atoms with E-state index in [4.69, 9.17) is 21.1 Å². The van der Waals surface area contributed by atoms with Crippen molar-refractivity contribution in [3.8, 4) is 5.75 Å². The zero-order valence-corrected chi connectivity index (χ0v) is 24.2. The molecular weight excluding hydrogens is 502 g/mol. The maximum absolute atomic E-state index is 13.6. The molecule has 0 aliphatic carbocycles. The van der Waals surface area contributed by atoms with Gasteiger partial charge in [-0.2, -0.15) is 5.10 Å². The number of carbonyl (C=O) groups excluding carboxylic acids is 2. The van der Waals surface area contributed by atoms with Gasteiger partial charge in [-0.05, 0) is 67.5 Å². The summed E-state index contributed by atoms with van der Waals surface area (Å²) >= 11 is 6.40. The van der Waals surface area contributed by atoms with Crippen molar-refractivity contribution in [1.82, 2.24) is 14.7 Å². The van der Waals surface area contributed by atoms with Gasteiger partial charge in [0.15, 0.2) is 0 Å². The first-order valence-electron chi connectivity index (χ1n) is 12.9. The minimum absolute atomic E-state index is 0.0464. The van der Waals surface area contributed by atoms with E-state index in [9.17, 15) is 9.59 Å². The summed E-state index contributed by atoms with van der Waals surface area (Å²) in [5.74, 6) is -0.236. The quantitative estimate of drug-likeness (QED) is 0.236. The molecule has 0 spiro atoms. The summed E-state index contributed by atoms with van der Waals surface area (Å²) in [5.41, 5.74) is 4.29. The Labute approximate surface area is 230 Å². The molecule has 0 bridgehead atoms.